The maximum atomic E-state index is 10.9. The Bertz CT molecular complexity index is 731. The molecule has 4 rings (SSSR count). The third kappa shape index (κ3) is 2.17. The maximum Gasteiger partial charge on any atom is 0.0833 e. The highest BCUT2D eigenvalue weighted by atomic mass is 35.5. The van der Waals surface area contributed by atoms with Crippen molar-refractivity contribution in [2.24, 2.45) is 5.92 Å². The summed E-state index contributed by atoms with van der Waals surface area (Å²) in [5.74, 6) is 0.702. The molecule has 114 valence electrons. The van der Waals surface area contributed by atoms with Crippen molar-refractivity contribution in [3.8, 4) is 11.1 Å². The number of aliphatic hydroxyl groups excluding tert-OH is 1. The van der Waals surface area contributed by atoms with E-state index in [1.807, 2.05) is 18.2 Å². The minimum Gasteiger partial charge on any atom is -0.388 e. The molecule has 1 aliphatic heterocycles. The molecule has 0 aromatic heterocycles. The molecule has 0 amide bonds. The zero-order chi connectivity index (χ0) is 15.3. The van der Waals surface area contributed by atoms with Crippen molar-refractivity contribution in [3.05, 3.63) is 57.6 Å². The normalized spacial score (nSPS) is 26.6. The fourth-order valence-corrected chi connectivity index (χ4v) is 4.50. The first-order valence-electron chi connectivity index (χ1n) is 7.64. The monoisotopic (exact) mass is 333 g/mol. The molecule has 1 fully saturated rings. The predicted molar refractivity (Wildman–Crippen MR) is 90.6 cm³/mol. The number of nitrogens with one attached hydrogen (secondary N) is 1. The average molecular weight is 334 g/mol. The maximum absolute atomic E-state index is 10.9. The second-order valence-electron chi connectivity index (χ2n) is 6.14. The number of hydrogen-bond acceptors (Lipinski definition) is 2. The SMILES string of the molecule is OC1c2c(-c3ccc(Cl)cc3Cl)cccc2[C@@H]2CNCC[C@H]12. The Balaban J connectivity index is 1.88. The highest BCUT2D eigenvalue weighted by Crippen LogP contribution is 2.51. The lowest BCUT2D eigenvalue weighted by molar-refractivity contribution is 0.0956. The van der Waals surface area contributed by atoms with Gasteiger partial charge in [0.25, 0.3) is 0 Å². The molecule has 2 N–H and O–H groups in total. The lowest BCUT2D eigenvalue weighted by atomic mass is 9.86. The zero-order valence-electron chi connectivity index (χ0n) is 12.0. The molecule has 2 nitrogen and oxygen atoms in total. The first-order valence-corrected chi connectivity index (χ1v) is 8.39. The Hall–Kier alpha value is -1.06. The largest absolute Gasteiger partial charge is 0.388 e. The molecule has 22 heavy (non-hydrogen) atoms. The Labute approximate surface area is 140 Å². The molecule has 0 bridgehead atoms. The molecular weight excluding hydrogens is 317 g/mol. The van der Waals surface area contributed by atoms with Crippen molar-refractivity contribution in [2.45, 2.75) is 18.4 Å². The van der Waals surface area contributed by atoms with Crippen molar-refractivity contribution in [3.63, 3.8) is 0 Å². The molecule has 1 aliphatic carbocycles. The number of halogens is 2. The molecule has 3 atom stereocenters. The van der Waals surface area contributed by atoms with Crippen LogP contribution < -0.4 is 5.32 Å². The Morgan fingerprint density at radius 1 is 1.09 bits per heavy atom. The van der Waals surface area contributed by atoms with E-state index in [4.69, 9.17) is 23.2 Å². The molecule has 1 unspecified atom stereocenters. The molecule has 0 saturated carbocycles. The van der Waals surface area contributed by atoms with Crippen LogP contribution in [0.4, 0.5) is 0 Å². The van der Waals surface area contributed by atoms with Gasteiger partial charge in [-0.25, -0.2) is 0 Å². The minimum absolute atomic E-state index is 0.309. The van der Waals surface area contributed by atoms with Gasteiger partial charge in [0.15, 0.2) is 0 Å². The molecule has 0 radical (unpaired) electrons. The van der Waals surface area contributed by atoms with Crippen LogP contribution in [-0.2, 0) is 0 Å². The second kappa shape index (κ2) is 5.54. The van der Waals surface area contributed by atoms with Crippen LogP contribution in [0.1, 0.15) is 29.6 Å². The molecule has 2 aliphatic rings. The summed E-state index contributed by atoms with van der Waals surface area (Å²) in [6.45, 7) is 1.91. The third-order valence-electron chi connectivity index (χ3n) is 5.00. The van der Waals surface area contributed by atoms with Gasteiger partial charge in [0.1, 0.15) is 0 Å². The zero-order valence-corrected chi connectivity index (χ0v) is 13.5. The Morgan fingerprint density at radius 2 is 1.95 bits per heavy atom. The van der Waals surface area contributed by atoms with Crippen molar-refractivity contribution < 1.29 is 5.11 Å². The van der Waals surface area contributed by atoms with Crippen molar-refractivity contribution in [1.82, 2.24) is 5.32 Å². The van der Waals surface area contributed by atoms with Crippen LogP contribution >= 0.6 is 23.2 Å². The van der Waals surface area contributed by atoms with E-state index in [2.05, 4.69) is 17.4 Å². The van der Waals surface area contributed by atoms with Gasteiger partial charge < -0.3 is 10.4 Å². The highest BCUT2D eigenvalue weighted by molar-refractivity contribution is 6.36. The van der Waals surface area contributed by atoms with Gasteiger partial charge in [0, 0.05) is 28.1 Å². The van der Waals surface area contributed by atoms with E-state index in [9.17, 15) is 5.11 Å². The molecule has 1 saturated heterocycles. The van der Waals surface area contributed by atoms with Gasteiger partial charge in [-0.3, -0.25) is 0 Å². The first-order chi connectivity index (χ1) is 10.7. The van der Waals surface area contributed by atoms with Crippen molar-refractivity contribution in [2.75, 3.05) is 13.1 Å². The van der Waals surface area contributed by atoms with Gasteiger partial charge in [0.05, 0.1) is 6.10 Å². The fraction of sp³-hybridized carbons (Fsp3) is 0.333. The number of benzene rings is 2. The number of aliphatic hydroxyl groups is 1. The van der Waals surface area contributed by atoms with Crippen LogP contribution in [0.3, 0.4) is 0 Å². The lowest BCUT2D eigenvalue weighted by Crippen LogP contribution is -2.34. The van der Waals surface area contributed by atoms with E-state index in [-0.39, 0.29) is 0 Å². The Kier molecular flexibility index (Phi) is 3.66. The van der Waals surface area contributed by atoms with E-state index in [1.54, 1.807) is 6.07 Å². The number of piperidine rings is 1. The summed E-state index contributed by atoms with van der Waals surface area (Å²) < 4.78 is 0. The van der Waals surface area contributed by atoms with E-state index < -0.39 is 6.10 Å². The third-order valence-corrected chi connectivity index (χ3v) is 5.55. The summed E-state index contributed by atoms with van der Waals surface area (Å²) in [7, 11) is 0. The molecular formula is C18H17Cl2NO. The molecule has 2 aromatic carbocycles. The lowest BCUT2D eigenvalue weighted by Gasteiger charge is -2.28. The Morgan fingerprint density at radius 3 is 2.77 bits per heavy atom. The number of fused-ring (bicyclic) bond motifs is 3. The van der Waals surface area contributed by atoms with Crippen LogP contribution in [0.15, 0.2) is 36.4 Å². The van der Waals surface area contributed by atoms with Crippen LogP contribution in [0, 0.1) is 5.92 Å². The summed E-state index contributed by atoms with van der Waals surface area (Å²) in [5.41, 5.74) is 4.27. The summed E-state index contributed by atoms with van der Waals surface area (Å²) in [6, 6.07) is 11.8. The number of hydrogen-bond donors (Lipinski definition) is 2. The van der Waals surface area contributed by atoms with Crippen LogP contribution in [0.2, 0.25) is 10.0 Å². The minimum atomic E-state index is -0.412. The van der Waals surface area contributed by atoms with Crippen molar-refractivity contribution in [1.29, 1.82) is 0 Å². The topological polar surface area (TPSA) is 32.3 Å². The summed E-state index contributed by atoms with van der Waals surface area (Å²) in [6.07, 6.45) is 0.596. The first kappa shape index (κ1) is 14.5. The summed E-state index contributed by atoms with van der Waals surface area (Å²) in [5, 5.41) is 15.6. The smallest absolute Gasteiger partial charge is 0.0833 e. The van der Waals surface area contributed by atoms with E-state index in [0.717, 1.165) is 36.2 Å². The molecule has 1 heterocycles. The van der Waals surface area contributed by atoms with E-state index >= 15 is 0 Å². The molecule has 0 spiro atoms. The second-order valence-corrected chi connectivity index (χ2v) is 6.98. The van der Waals surface area contributed by atoms with Gasteiger partial charge in [-0.15, -0.1) is 0 Å². The van der Waals surface area contributed by atoms with Gasteiger partial charge in [0.2, 0.25) is 0 Å². The number of rotatable bonds is 1. The van der Waals surface area contributed by atoms with Gasteiger partial charge >= 0.3 is 0 Å². The standard InChI is InChI=1S/C18H17Cl2NO/c19-10-4-5-11(16(20)8-10)12-2-1-3-13-15-9-21-7-6-14(15)18(22)17(12)13/h1-5,8,14-15,18,21-22H,6-7,9H2/t14-,15-,18?/m0/s1. The molecule has 2 aromatic rings. The van der Waals surface area contributed by atoms with Crippen molar-refractivity contribution >= 4 is 23.2 Å². The highest BCUT2D eigenvalue weighted by Gasteiger charge is 2.42. The van der Waals surface area contributed by atoms with E-state index in [0.29, 0.717) is 21.9 Å². The fourth-order valence-electron chi connectivity index (χ4n) is 3.99. The quantitative estimate of drug-likeness (QED) is 0.810. The predicted octanol–water partition coefficient (Wildman–Crippen LogP) is 4.40. The van der Waals surface area contributed by atoms with Gasteiger partial charge in [-0.2, -0.15) is 0 Å². The van der Waals surface area contributed by atoms with Gasteiger partial charge in [-0.1, -0.05) is 47.5 Å². The molecule has 4 heteroatoms. The van der Waals surface area contributed by atoms with Crippen LogP contribution in [0.25, 0.3) is 11.1 Å². The average Bonchev–Trinajstić information content (AvgIpc) is 2.82. The van der Waals surface area contributed by atoms with Crippen LogP contribution in [0.5, 0.6) is 0 Å². The summed E-state index contributed by atoms with van der Waals surface area (Å²) in [4.78, 5) is 0. The van der Waals surface area contributed by atoms with E-state index in [1.165, 1.54) is 5.56 Å². The van der Waals surface area contributed by atoms with Crippen LogP contribution in [-0.4, -0.2) is 18.2 Å². The van der Waals surface area contributed by atoms with Gasteiger partial charge in [-0.05, 0) is 47.7 Å². The summed E-state index contributed by atoms with van der Waals surface area (Å²) >= 11 is 12.4.